The van der Waals surface area contributed by atoms with Crippen LogP contribution in [-0.2, 0) is 35.2 Å². The maximum Gasteiger partial charge on any atom is 0.419 e. The van der Waals surface area contributed by atoms with Crippen molar-refractivity contribution in [2.24, 2.45) is 5.41 Å². The Morgan fingerprint density at radius 1 is 1.06 bits per heavy atom. The van der Waals surface area contributed by atoms with Crippen molar-refractivity contribution in [3.8, 4) is 5.75 Å². The van der Waals surface area contributed by atoms with Crippen LogP contribution in [0.25, 0.3) is 0 Å². The van der Waals surface area contributed by atoms with E-state index in [0.717, 1.165) is 47.0 Å². The number of benzene rings is 1. The molecule has 2 fully saturated rings. The quantitative estimate of drug-likeness (QED) is 0.223. The van der Waals surface area contributed by atoms with Crippen LogP contribution in [0.1, 0.15) is 137 Å². The van der Waals surface area contributed by atoms with Crippen LogP contribution >= 0.6 is 0 Å². The summed E-state index contributed by atoms with van der Waals surface area (Å²) < 4.78 is 73.5. The second kappa shape index (κ2) is 11.6. The number of methoxy groups -OCH3 is 1. The number of fused-ring (bicyclic) bond motifs is 4. The Morgan fingerprint density at radius 3 is 2.26 bits per heavy atom. The number of nitrogens with zero attached hydrogens (tertiary/aromatic N) is 1. The van der Waals surface area contributed by atoms with E-state index in [0.29, 0.717) is 38.0 Å². The van der Waals surface area contributed by atoms with Crippen molar-refractivity contribution in [3.05, 3.63) is 57.4 Å². The molecule has 1 unspecified atom stereocenters. The second-order valence-corrected chi connectivity index (χ2v) is 20.5. The molecule has 11 heteroatoms. The van der Waals surface area contributed by atoms with Crippen molar-refractivity contribution in [3.63, 3.8) is 0 Å². The van der Waals surface area contributed by atoms with E-state index in [9.17, 15) is 18.0 Å². The molecule has 2 aromatic rings. The van der Waals surface area contributed by atoms with Crippen molar-refractivity contribution in [2.45, 2.75) is 128 Å². The van der Waals surface area contributed by atoms with Crippen LogP contribution in [0.5, 0.6) is 5.75 Å². The van der Waals surface area contributed by atoms with Crippen molar-refractivity contribution in [1.82, 2.24) is 4.98 Å². The van der Waals surface area contributed by atoms with E-state index in [1.165, 1.54) is 26.2 Å². The summed E-state index contributed by atoms with van der Waals surface area (Å²) >= 11 is 0. The first-order valence-corrected chi connectivity index (χ1v) is 19.7. The Morgan fingerprint density at radius 2 is 1.72 bits per heavy atom. The molecule has 7 nitrogen and oxygen atoms in total. The molecular formula is C36H48F3NO6Si. The summed E-state index contributed by atoms with van der Waals surface area (Å²) in [5.74, 6) is -0.660. The molecule has 0 radical (unpaired) electrons. The van der Waals surface area contributed by atoms with Gasteiger partial charge in [0.15, 0.2) is 8.32 Å². The fraction of sp³-hybridized carbons (Fsp3) is 0.667. The lowest BCUT2D eigenvalue weighted by Gasteiger charge is -2.46. The lowest BCUT2D eigenvalue weighted by molar-refractivity contribution is -0.153. The first kappa shape index (κ1) is 34.4. The average Bonchev–Trinajstić information content (AvgIpc) is 3.68. The molecule has 1 aromatic heterocycles. The fourth-order valence-corrected chi connectivity index (χ4v) is 8.87. The van der Waals surface area contributed by atoms with E-state index in [1.807, 2.05) is 0 Å². The Kier molecular flexibility index (Phi) is 8.46. The summed E-state index contributed by atoms with van der Waals surface area (Å²) in [6.45, 7) is 17.7. The van der Waals surface area contributed by atoms with Gasteiger partial charge in [0.25, 0.3) is 0 Å². The topological polar surface area (TPSA) is 76.1 Å². The van der Waals surface area contributed by atoms with Gasteiger partial charge in [-0.05, 0) is 66.6 Å². The summed E-state index contributed by atoms with van der Waals surface area (Å²) in [6, 6.07) is 4.01. The van der Waals surface area contributed by atoms with Gasteiger partial charge in [0.1, 0.15) is 18.0 Å². The van der Waals surface area contributed by atoms with E-state index in [2.05, 4.69) is 47.7 Å². The lowest BCUT2D eigenvalue weighted by atomic mass is 9.72. The van der Waals surface area contributed by atoms with Crippen LogP contribution in [0.4, 0.5) is 13.2 Å². The Balaban J connectivity index is 1.65. The van der Waals surface area contributed by atoms with E-state index in [4.69, 9.17) is 28.4 Å². The minimum absolute atomic E-state index is 0.0544. The summed E-state index contributed by atoms with van der Waals surface area (Å²) in [5, 5.41) is -0.0583. The highest BCUT2D eigenvalue weighted by Crippen LogP contribution is 2.68. The molecule has 4 aliphatic rings. The van der Waals surface area contributed by atoms with Gasteiger partial charge in [-0.15, -0.1) is 0 Å². The molecule has 0 N–H and O–H groups in total. The molecule has 258 valence electrons. The third-order valence-corrected chi connectivity index (χ3v) is 15.7. The highest BCUT2D eigenvalue weighted by Gasteiger charge is 2.62. The van der Waals surface area contributed by atoms with E-state index < -0.39 is 37.9 Å². The lowest BCUT2D eigenvalue weighted by Crippen LogP contribution is -2.45. The highest BCUT2D eigenvalue weighted by molar-refractivity contribution is 6.74. The van der Waals surface area contributed by atoms with Gasteiger partial charge >= 0.3 is 12.1 Å². The van der Waals surface area contributed by atoms with Crippen LogP contribution in [0.15, 0.2) is 18.2 Å². The number of hydrogen-bond acceptors (Lipinski definition) is 7. The number of ether oxygens (including phenoxy) is 4. The first-order valence-electron chi connectivity index (χ1n) is 16.8. The fourth-order valence-electron chi connectivity index (χ4n) is 7.60. The Labute approximate surface area is 277 Å². The zero-order valence-electron chi connectivity index (χ0n) is 29.0. The second-order valence-electron chi connectivity index (χ2n) is 15.7. The molecule has 47 heavy (non-hydrogen) atoms. The minimum Gasteiger partial charge on any atom is -0.496 e. The summed E-state index contributed by atoms with van der Waals surface area (Å²) in [5.41, 5.74) is 3.05. The molecule has 3 heterocycles. The van der Waals surface area contributed by atoms with Crippen molar-refractivity contribution in [2.75, 3.05) is 20.3 Å². The van der Waals surface area contributed by atoms with E-state index in [1.54, 1.807) is 0 Å². The number of pyridine rings is 1. The normalized spacial score (nSPS) is 24.7. The van der Waals surface area contributed by atoms with Gasteiger partial charge in [-0.2, -0.15) is 13.2 Å². The molecule has 0 bridgehead atoms. The number of alkyl halides is 3. The van der Waals surface area contributed by atoms with Crippen molar-refractivity contribution >= 4 is 14.3 Å². The monoisotopic (exact) mass is 675 g/mol. The zero-order valence-corrected chi connectivity index (χ0v) is 30.0. The molecule has 0 amide bonds. The molecule has 1 aromatic carbocycles. The third-order valence-electron chi connectivity index (χ3n) is 11.2. The SMILES string of the molecule is COc1cc([C@H]2OC3(CCOCC3)c3c2c(C(C)C)nc2c3[C@@H](O[Si](C)(C)C(C)(C)C)CC3(CC3)C2OC(C)=O)ccc1C(F)(F)F. The largest absolute Gasteiger partial charge is 0.496 e. The van der Waals surface area contributed by atoms with Gasteiger partial charge in [0.2, 0.25) is 0 Å². The molecule has 6 rings (SSSR count). The van der Waals surface area contributed by atoms with E-state index >= 15 is 0 Å². The molecule has 3 atom stereocenters. The Hall–Kier alpha value is -2.47. The number of halogens is 3. The Bertz CT molecular complexity index is 1560. The van der Waals surface area contributed by atoms with Gasteiger partial charge < -0.3 is 23.4 Å². The van der Waals surface area contributed by atoms with Crippen LogP contribution in [-0.4, -0.2) is 39.6 Å². The molecule has 2 aliphatic heterocycles. The summed E-state index contributed by atoms with van der Waals surface area (Å²) in [7, 11) is -1.07. The number of esters is 1. The maximum atomic E-state index is 13.9. The predicted molar refractivity (Wildman–Crippen MR) is 173 cm³/mol. The number of rotatable bonds is 6. The highest BCUT2D eigenvalue weighted by atomic mass is 28.4. The van der Waals surface area contributed by atoms with Crippen LogP contribution in [0.2, 0.25) is 18.1 Å². The van der Waals surface area contributed by atoms with Crippen molar-refractivity contribution in [1.29, 1.82) is 0 Å². The third kappa shape index (κ3) is 5.82. The number of carbonyl (C=O) groups excluding carboxylic acids is 1. The molecule has 1 saturated heterocycles. The smallest absolute Gasteiger partial charge is 0.419 e. The number of aromatic nitrogens is 1. The van der Waals surface area contributed by atoms with Gasteiger partial charge in [-0.25, -0.2) is 0 Å². The standard InChI is InChI=1S/C36H48F3NO6Si/c1-20(2)29-27-28(35(14-16-43-17-15-35)45-31(27)22-10-11-23(36(37,38)39)24(18-22)42-7)26-25(46-47(8,9)33(4,5)6)19-34(12-13-34)32(30(26)40-29)44-21(3)41/h10-11,18,20,25,31-32H,12-17,19H2,1-9H3/t25-,31+,32?/m0/s1. The van der Waals surface area contributed by atoms with Crippen LogP contribution in [0, 0.1) is 5.41 Å². The van der Waals surface area contributed by atoms with E-state index in [-0.39, 0.29) is 34.2 Å². The average molecular weight is 676 g/mol. The number of carbonyl (C=O) groups is 1. The minimum atomic E-state index is -4.57. The summed E-state index contributed by atoms with van der Waals surface area (Å²) in [4.78, 5) is 18.0. The van der Waals surface area contributed by atoms with Gasteiger partial charge in [0.05, 0.1) is 30.1 Å². The first-order chi connectivity index (χ1) is 21.8. The molecule has 1 saturated carbocycles. The van der Waals surface area contributed by atoms with Crippen molar-refractivity contribution < 1.29 is 41.3 Å². The van der Waals surface area contributed by atoms with Gasteiger partial charge in [0, 0.05) is 55.2 Å². The number of hydrogen-bond donors (Lipinski definition) is 0. The van der Waals surface area contributed by atoms with Crippen LogP contribution in [0.3, 0.4) is 0 Å². The molecule has 2 aliphatic carbocycles. The van der Waals surface area contributed by atoms with Gasteiger partial charge in [-0.3, -0.25) is 9.78 Å². The molecular weight excluding hydrogens is 627 g/mol. The predicted octanol–water partition coefficient (Wildman–Crippen LogP) is 9.21. The zero-order chi connectivity index (χ0) is 34.3. The molecule has 2 spiro atoms. The summed E-state index contributed by atoms with van der Waals surface area (Å²) in [6.07, 6.45) is -2.40. The van der Waals surface area contributed by atoms with Gasteiger partial charge in [-0.1, -0.05) is 40.7 Å². The van der Waals surface area contributed by atoms with Crippen LogP contribution < -0.4 is 4.74 Å². The maximum absolute atomic E-state index is 13.9.